The molecule has 1 aromatic carbocycles. The molecule has 5 heteroatoms. The zero-order chi connectivity index (χ0) is 14.2. The van der Waals surface area contributed by atoms with Gasteiger partial charge in [0.1, 0.15) is 11.8 Å². The number of aryl methyl sites for hydroxylation is 1. The van der Waals surface area contributed by atoms with Crippen LogP contribution in [0.2, 0.25) is 0 Å². The minimum Gasteiger partial charge on any atom is -0.493 e. The van der Waals surface area contributed by atoms with Crippen LogP contribution >= 0.6 is 0 Å². The fourth-order valence-electron chi connectivity index (χ4n) is 2.04. The zero-order valence-corrected chi connectivity index (χ0v) is 11.9. The molecule has 0 aromatic heterocycles. The Hall–Kier alpha value is -1.59. The molecule has 5 nitrogen and oxygen atoms in total. The van der Waals surface area contributed by atoms with Gasteiger partial charge < -0.3 is 20.1 Å². The van der Waals surface area contributed by atoms with Gasteiger partial charge in [-0.3, -0.25) is 4.79 Å². The molecule has 0 radical (unpaired) electrons. The predicted octanol–water partition coefficient (Wildman–Crippen LogP) is 0.869. The van der Waals surface area contributed by atoms with Crippen molar-refractivity contribution in [1.29, 1.82) is 0 Å². The number of nitrogens with one attached hydrogen (secondary N) is 2. The predicted molar refractivity (Wildman–Crippen MR) is 76.9 cm³/mol. The summed E-state index contributed by atoms with van der Waals surface area (Å²) in [6, 6.07) is 7.70. The third-order valence-electron chi connectivity index (χ3n) is 3.21. The van der Waals surface area contributed by atoms with E-state index in [9.17, 15) is 4.79 Å². The van der Waals surface area contributed by atoms with E-state index in [0.717, 1.165) is 24.3 Å². The maximum absolute atomic E-state index is 11.8. The molecule has 2 N–H and O–H groups in total. The lowest BCUT2D eigenvalue weighted by Crippen LogP contribution is -2.51. The van der Waals surface area contributed by atoms with Gasteiger partial charge in [0.25, 0.3) is 0 Å². The Kier molecular flexibility index (Phi) is 5.83. The SMILES string of the molecule is Cc1ccccc1OCCCNC(=O)C1COCCN1. The molecule has 0 aliphatic carbocycles. The van der Waals surface area contributed by atoms with Crippen LogP contribution in [-0.2, 0) is 9.53 Å². The molecule has 0 spiro atoms. The Bertz CT molecular complexity index is 431. The Morgan fingerprint density at radius 3 is 3.10 bits per heavy atom. The molecule has 1 atom stereocenters. The van der Waals surface area contributed by atoms with Gasteiger partial charge in [-0.2, -0.15) is 0 Å². The summed E-state index contributed by atoms with van der Waals surface area (Å²) in [5.74, 6) is 0.904. The van der Waals surface area contributed by atoms with Gasteiger partial charge in [0.05, 0.1) is 19.8 Å². The minimum atomic E-state index is -0.221. The van der Waals surface area contributed by atoms with Gasteiger partial charge in [-0.25, -0.2) is 0 Å². The van der Waals surface area contributed by atoms with Gasteiger partial charge in [-0.15, -0.1) is 0 Å². The number of ether oxygens (including phenoxy) is 2. The molecule has 1 amide bonds. The third-order valence-corrected chi connectivity index (χ3v) is 3.21. The van der Waals surface area contributed by atoms with Gasteiger partial charge in [-0.1, -0.05) is 18.2 Å². The van der Waals surface area contributed by atoms with Crippen molar-refractivity contribution in [3.8, 4) is 5.75 Å². The minimum absolute atomic E-state index is 0.000548. The molecule has 1 fully saturated rings. The van der Waals surface area contributed by atoms with E-state index in [2.05, 4.69) is 10.6 Å². The zero-order valence-electron chi connectivity index (χ0n) is 11.9. The van der Waals surface area contributed by atoms with Gasteiger partial charge in [0.2, 0.25) is 5.91 Å². The van der Waals surface area contributed by atoms with Crippen LogP contribution in [0.25, 0.3) is 0 Å². The first-order valence-electron chi connectivity index (χ1n) is 7.04. The van der Waals surface area contributed by atoms with E-state index in [1.165, 1.54) is 0 Å². The number of hydrogen-bond acceptors (Lipinski definition) is 4. The summed E-state index contributed by atoms with van der Waals surface area (Å²) in [6.45, 7) is 5.09. The number of carbonyl (C=O) groups excluding carboxylic acids is 1. The van der Waals surface area contributed by atoms with Crippen molar-refractivity contribution < 1.29 is 14.3 Å². The molecule has 20 heavy (non-hydrogen) atoms. The van der Waals surface area contributed by atoms with Crippen molar-refractivity contribution in [3.63, 3.8) is 0 Å². The highest BCUT2D eigenvalue weighted by Gasteiger charge is 2.20. The van der Waals surface area contributed by atoms with Crippen LogP contribution in [0.1, 0.15) is 12.0 Å². The molecule has 0 saturated carbocycles. The van der Waals surface area contributed by atoms with Crippen molar-refractivity contribution >= 4 is 5.91 Å². The largest absolute Gasteiger partial charge is 0.493 e. The highest BCUT2D eigenvalue weighted by Crippen LogP contribution is 2.15. The first kappa shape index (κ1) is 14.8. The number of benzene rings is 1. The second kappa shape index (κ2) is 7.87. The van der Waals surface area contributed by atoms with Gasteiger partial charge in [0, 0.05) is 13.1 Å². The molecule has 1 aliphatic heterocycles. The molecule has 1 aliphatic rings. The van der Waals surface area contributed by atoms with Crippen molar-refractivity contribution in [2.75, 3.05) is 32.9 Å². The lowest BCUT2D eigenvalue weighted by atomic mass is 10.2. The maximum atomic E-state index is 11.8. The lowest BCUT2D eigenvalue weighted by Gasteiger charge is -2.22. The molecule has 2 rings (SSSR count). The summed E-state index contributed by atoms with van der Waals surface area (Å²) in [6.07, 6.45) is 0.785. The first-order valence-corrected chi connectivity index (χ1v) is 7.04. The van der Waals surface area contributed by atoms with E-state index in [-0.39, 0.29) is 11.9 Å². The topological polar surface area (TPSA) is 59.6 Å². The Labute approximate surface area is 119 Å². The number of amides is 1. The third kappa shape index (κ3) is 4.51. The average molecular weight is 278 g/mol. The molecular formula is C15H22N2O3. The number of rotatable bonds is 6. The van der Waals surface area contributed by atoms with E-state index >= 15 is 0 Å². The van der Waals surface area contributed by atoms with Crippen LogP contribution in [0.4, 0.5) is 0 Å². The van der Waals surface area contributed by atoms with E-state index < -0.39 is 0 Å². The van der Waals surface area contributed by atoms with Crippen molar-refractivity contribution in [3.05, 3.63) is 29.8 Å². The molecule has 1 saturated heterocycles. The van der Waals surface area contributed by atoms with Crippen molar-refractivity contribution in [2.24, 2.45) is 0 Å². The Balaban J connectivity index is 1.59. The van der Waals surface area contributed by atoms with Gasteiger partial charge >= 0.3 is 0 Å². The van der Waals surface area contributed by atoms with Crippen molar-refractivity contribution in [2.45, 2.75) is 19.4 Å². The van der Waals surface area contributed by atoms with Crippen LogP contribution in [0.3, 0.4) is 0 Å². The Morgan fingerprint density at radius 2 is 2.35 bits per heavy atom. The van der Waals surface area contributed by atoms with Crippen LogP contribution in [0.15, 0.2) is 24.3 Å². The van der Waals surface area contributed by atoms with E-state index in [1.807, 2.05) is 31.2 Å². The molecular weight excluding hydrogens is 256 g/mol. The first-order chi connectivity index (χ1) is 9.77. The van der Waals surface area contributed by atoms with Crippen LogP contribution in [-0.4, -0.2) is 44.9 Å². The summed E-state index contributed by atoms with van der Waals surface area (Å²) in [7, 11) is 0. The fourth-order valence-corrected chi connectivity index (χ4v) is 2.04. The molecule has 1 heterocycles. The van der Waals surface area contributed by atoms with E-state index in [1.54, 1.807) is 0 Å². The Morgan fingerprint density at radius 1 is 1.50 bits per heavy atom. The quantitative estimate of drug-likeness (QED) is 0.758. The van der Waals surface area contributed by atoms with E-state index in [4.69, 9.17) is 9.47 Å². The number of para-hydroxylation sites is 1. The lowest BCUT2D eigenvalue weighted by molar-refractivity contribution is -0.125. The number of carbonyl (C=O) groups is 1. The van der Waals surface area contributed by atoms with Gasteiger partial charge in [-0.05, 0) is 25.0 Å². The molecule has 1 aromatic rings. The van der Waals surface area contributed by atoms with Crippen molar-refractivity contribution in [1.82, 2.24) is 10.6 Å². The normalized spacial score (nSPS) is 18.6. The summed E-state index contributed by atoms with van der Waals surface area (Å²) in [5.41, 5.74) is 1.13. The number of morpholine rings is 1. The molecule has 1 unspecified atom stereocenters. The molecule has 0 bridgehead atoms. The average Bonchev–Trinajstić information content (AvgIpc) is 2.49. The highest BCUT2D eigenvalue weighted by atomic mass is 16.5. The van der Waals surface area contributed by atoms with Crippen LogP contribution in [0, 0.1) is 6.92 Å². The standard InChI is InChI=1S/C15H22N2O3/c1-12-5-2-3-6-14(12)20-9-4-7-17-15(18)13-11-19-10-8-16-13/h2-3,5-6,13,16H,4,7-11H2,1H3,(H,17,18). The fraction of sp³-hybridized carbons (Fsp3) is 0.533. The maximum Gasteiger partial charge on any atom is 0.239 e. The summed E-state index contributed by atoms with van der Waals surface area (Å²) < 4.78 is 10.9. The number of hydrogen-bond donors (Lipinski definition) is 2. The monoisotopic (exact) mass is 278 g/mol. The summed E-state index contributed by atoms with van der Waals surface area (Å²) in [4.78, 5) is 11.8. The smallest absolute Gasteiger partial charge is 0.239 e. The molecule has 110 valence electrons. The second-order valence-electron chi connectivity index (χ2n) is 4.84. The summed E-state index contributed by atoms with van der Waals surface area (Å²) >= 11 is 0. The second-order valence-corrected chi connectivity index (χ2v) is 4.84. The van der Waals surface area contributed by atoms with Gasteiger partial charge in [0.15, 0.2) is 0 Å². The van der Waals surface area contributed by atoms with Crippen LogP contribution in [0.5, 0.6) is 5.75 Å². The summed E-state index contributed by atoms with van der Waals surface area (Å²) in [5, 5.41) is 6.02. The van der Waals surface area contributed by atoms with Crippen LogP contribution < -0.4 is 15.4 Å². The highest BCUT2D eigenvalue weighted by molar-refractivity contribution is 5.81. The van der Waals surface area contributed by atoms with E-state index in [0.29, 0.717) is 26.4 Å².